The van der Waals surface area contributed by atoms with Crippen molar-refractivity contribution >= 4 is 22.4 Å². The van der Waals surface area contributed by atoms with Gasteiger partial charge in [-0.25, -0.2) is 4.98 Å². The van der Waals surface area contributed by atoms with Crippen molar-refractivity contribution in [1.29, 1.82) is 0 Å². The van der Waals surface area contributed by atoms with Crippen molar-refractivity contribution in [2.45, 2.75) is 6.18 Å². The fourth-order valence-electron chi connectivity index (χ4n) is 2.82. The van der Waals surface area contributed by atoms with E-state index in [1.165, 1.54) is 12.1 Å². The van der Waals surface area contributed by atoms with Gasteiger partial charge in [0.25, 0.3) is 0 Å². The van der Waals surface area contributed by atoms with Crippen molar-refractivity contribution < 1.29 is 13.2 Å². The first-order valence-electron chi connectivity index (χ1n) is 8.24. The first-order chi connectivity index (χ1) is 13.0. The van der Waals surface area contributed by atoms with E-state index in [4.69, 9.17) is 0 Å². The molecule has 0 fully saturated rings. The lowest BCUT2D eigenvalue weighted by atomic mass is 10.0. The number of pyridine rings is 2. The van der Waals surface area contributed by atoms with E-state index in [-0.39, 0.29) is 0 Å². The third-order valence-electron chi connectivity index (χ3n) is 4.17. The van der Waals surface area contributed by atoms with Crippen molar-refractivity contribution in [2.75, 3.05) is 5.32 Å². The Hall–Kier alpha value is -3.41. The van der Waals surface area contributed by atoms with E-state index in [2.05, 4.69) is 15.3 Å². The molecule has 0 aliphatic heterocycles. The van der Waals surface area contributed by atoms with Crippen LogP contribution in [0.4, 0.5) is 24.7 Å². The topological polar surface area (TPSA) is 37.8 Å². The normalized spacial score (nSPS) is 11.5. The minimum absolute atomic E-state index is 0.587. The number of halogens is 3. The van der Waals surface area contributed by atoms with Crippen molar-refractivity contribution in [3.63, 3.8) is 0 Å². The largest absolute Gasteiger partial charge is 0.416 e. The average molecular weight is 365 g/mol. The van der Waals surface area contributed by atoms with Crippen LogP contribution >= 0.6 is 0 Å². The lowest BCUT2D eigenvalue weighted by molar-refractivity contribution is -0.137. The number of aromatic nitrogens is 2. The molecule has 2 aromatic heterocycles. The highest BCUT2D eigenvalue weighted by Crippen LogP contribution is 2.31. The minimum atomic E-state index is -4.34. The van der Waals surface area contributed by atoms with Gasteiger partial charge in [0.15, 0.2) is 0 Å². The van der Waals surface area contributed by atoms with Gasteiger partial charge in [-0.3, -0.25) is 4.98 Å². The van der Waals surface area contributed by atoms with Crippen LogP contribution in [0.1, 0.15) is 5.56 Å². The van der Waals surface area contributed by atoms with Gasteiger partial charge in [-0.05, 0) is 47.5 Å². The summed E-state index contributed by atoms with van der Waals surface area (Å²) in [6.45, 7) is 0. The Morgan fingerprint density at radius 3 is 2.33 bits per heavy atom. The predicted molar refractivity (Wildman–Crippen MR) is 99.7 cm³/mol. The second-order valence-electron chi connectivity index (χ2n) is 6.05. The van der Waals surface area contributed by atoms with Gasteiger partial charge in [0.2, 0.25) is 0 Å². The lowest BCUT2D eigenvalue weighted by Crippen LogP contribution is -2.04. The molecule has 2 aromatic carbocycles. The van der Waals surface area contributed by atoms with Crippen LogP contribution in [0.15, 0.2) is 79.1 Å². The van der Waals surface area contributed by atoms with Crippen molar-refractivity contribution in [3.8, 4) is 11.1 Å². The number of hydrogen-bond acceptors (Lipinski definition) is 3. The quantitative estimate of drug-likeness (QED) is 0.480. The lowest BCUT2D eigenvalue weighted by Gasteiger charge is -2.10. The van der Waals surface area contributed by atoms with Gasteiger partial charge >= 0.3 is 6.18 Å². The Morgan fingerprint density at radius 2 is 1.56 bits per heavy atom. The zero-order valence-electron chi connectivity index (χ0n) is 14.0. The molecule has 0 unspecified atom stereocenters. The molecule has 1 N–H and O–H groups in total. The van der Waals surface area contributed by atoms with Gasteiger partial charge in [0.05, 0.1) is 23.0 Å². The van der Waals surface area contributed by atoms with Gasteiger partial charge in [-0.15, -0.1) is 0 Å². The van der Waals surface area contributed by atoms with Crippen LogP contribution in [0.5, 0.6) is 0 Å². The number of nitrogens with one attached hydrogen (secondary N) is 1. The highest BCUT2D eigenvalue weighted by atomic mass is 19.4. The number of rotatable bonds is 3. The zero-order valence-corrected chi connectivity index (χ0v) is 14.0. The summed E-state index contributed by atoms with van der Waals surface area (Å²) < 4.78 is 38.1. The van der Waals surface area contributed by atoms with Gasteiger partial charge in [-0.2, -0.15) is 13.2 Å². The zero-order chi connectivity index (χ0) is 18.9. The molecular formula is C21H14F3N3. The van der Waals surface area contributed by atoms with Crippen molar-refractivity contribution in [2.24, 2.45) is 0 Å². The Labute approximate surface area is 153 Å². The minimum Gasteiger partial charge on any atom is -0.339 e. The van der Waals surface area contributed by atoms with E-state index in [9.17, 15) is 13.2 Å². The Bertz CT molecular complexity index is 1090. The molecule has 0 bridgehead atoms. The van der Waals surface area contributed by atoms with Crippen LogP contribution in [0.2, 0.25) is 0 Å². The van der Waals surface area contributed by atoms with Gasteiger partial charge in [-0.1, -0.05) is 30.3 Å². The number of alkyl halides is 3. The van der Waals surface area contributed by atoms with E-state index >= 15 is 0 Å². The van der Waals surface area contributed by atoms with Crippen LogP contribution < -0.4 is 5.32 Å². The summed E-state index contributed by atoms with van der Waals surface area (Å²) >= 11 is 0. The highest BCUT2D eigenvalue weighted by molar-refractivity contribution is 5.82. The summed E-state index contributed by atoms with van der Waals surface area (Å²) in [6, 6.07) is 18.4. The van der Waals surface area contributed by atoms with E-state index in [1.54, 1.807) is 24.5 Å². The maximum atomic E-state index is 12.7. The molecule has 2 heterocycles. The molecule has 27 heavy (non-hydrogen) atoms. The van der Waals surface area contributed by atoms with Crippen molar-refractivity contribution in [1.82, 2.24) is 9.97 Å². The number of anilines is 2. The summed E-state index contributed by atoms with van der Waals surface area (Å²) in [7, 11) is 0. The number of benzene rings is 2. The molecule has 0 radical (unpaired) electrons. The molecule has 0 aliphatic carbocycles. The molecule has 0 atom stereocenters. The number of nitrogens with zero attached hydrogens (tertiary/aromatic N) is 2. The number of para-hydroxylation sites is 1. The summed E-state index contributed by atoms with van der Waals surface area (Å²) in [5, 5.41) is 4.19. The number of hydrogen-bond donors (Lipinski definition) is 1. The molecule has 0 spiro atoms. The SMILES string of the molecule is FC(F)(F)c1ccc(-c2ccnc(Nc3cnc4ccccc4c3)c2)cc1. The first-order valence-corrected chi connectivity index (χ1v) is 8.24. The predicted octanol–water partition coefficient (Wildman–Crippen LogP) is 6.06. The highest BCUT2D eigenvalue weighted by Gasteiger charge is 2.29. The maximum Gasteiger partial charge on any atom is 0.416 e. The Morgan fingerprint density at radius 1 is 0.778 bits per heavy atom. The summed E-state index contributed by atoms with van der Waals surface area (Å²) in [6.07, 6.45) is -1.01. The Balaban J connectivity index is 1.60. The summed E-state index contributed by atoms with van der Waals surface area (Å²) in [4.78, 5) is 8.67. The summed E-state index contributed by atoms with van der Waals surface area (Å²) in [5.74, 6) is 0.587. The third-order valence-corrected chi connectivity index (χ3v) is 4.17. The molecule has 4 aromatic rings. The van der Waals surface area contributed by atoms with Gasteiger partial charge < -0.3 is 5.32 Å². The second kappa shape index (κ2) is 6.72. The maximum absolute atomic E-state index is 12.7. The molecular weight excluding hydrogens is 351 g/mol. The Kier molecular flexibility index (Phi) is 4.24. The average Bonchev–Trinajstić information content (AvgIpc) is 2.68. The smallest absolute Gasteiger partial charge is 0.339 e. The third kappa shape index (κ3) is 3.74. The van der Waals surface area contributed by atoms with Crippen LogP contribution in [0.3, 0.4) is 0 Å². The number of fused-ring (bicyclic) bond motifs is 1. The second-order valence-corrected chi connectivity index (χ2v) is 6.05. The van der Waals surface area contributed by atoms with Crippen molar-refractivity contribution in [3.05, 3.63) is 84.7 Å². The molecule has 0 saturated heterocycles. The molecule has 0 saturated carbocycles. The van der Waals surface area contributed by atoms with Crippen LogP contribution in [0.25, 0.3) is 22.0 Å². The van der Waals surface area contributed by atoms with E-state index in [0.717, 1.165) is 34.3 Å². The van der Waals surface area contributed by atoms with E-state index < -0.39 is 11.7 Å². The van der Waals surface area contributed by atoms with Gasteiger partial charge in [0, 0.05) is 11.6 Å². The van der Waals surface area contributed by atoms with Crippen LogP contribution in [-0.4, -0.2) is 9.97 Å². The van der Waals surface area contributed by atoms with Crippen LogP contribution in [0, 0.1) is 0 Å². The first kappa shape index (κ1) is 17.0. The fraction of sp³-hybridized carbons (Fsp3) is 0.0476. The molecule has 6 heteroatoms. The molecule has 4 rings (SSSR count). The molecule has 0 amide bonds. The molecule has 3 nitrogen and oxygen atoms in total. The summed E-state index contributed by atoms with van der Waals surface area (Å²) in [5.41, 5.74) is 2.47. The van der Waals surface area contributed by atoms with Gasteiger partial charge in [0.1, 0.15) is 5.82 Å². The monoisotopic (exact) mass is 365 g/mol. The molecule has 0 aliphatic rings. The standard InChI is InChI=1S/C21H14F3N3/c22-21(23,24)17-7-5-14(6-8-17)15-9-10-25-20(12-15)27-18-11-16-3-1-2-4-19(16)26-13-18/h1-13H,(H,25,27). The fourth-order valence-corrected chi connectivity index (χ4v) is 2.82. The molecule has 134 valence electrons. The van der Waals surface area contributed by atoms with E-state index in [1.807, 2.05) is 30.3 Å². The van der Waals surface area contributed by atoms with Crippen LogP contribution in [-0.2, 0) is 6.18 Å². The van der Waals surface area contributed by atoms with E-state index in [0.29, 0.717) is 11.4 Å².